The first-order valence-electron chi connectivity index (χ1n) is 10.6. The molecule has 1 fully saturated rings. The molecule has 0 spiro atoms. The van der Waals surface area contributed by atoms with Gasteiger partial charge in [0.05, 0.1) is 30.3 Å². The summed E-state index contributed by atoms with van der Waals surface area (Å²) in [5.74, 6) is 0.146. The lowest BCUT2D eigenvalue weighted by atomic mass is 10.2. The lowest BCUT2D eigenvalue weighted by Crippen LogP contribution is -2.37. The highest BCUT2D eigenvalue weighted by molar-refractivity contribution is 7.99. The molecule has 2 aromatic carbocycles. The first-order valence-corrected chi connectivity index (χ1v) is 12.5. The fraction of sp³-hybridized carbons (Fsp3) is 0.217. The summed E-state index contributed by atoms with van der Waals surface area (Å²) < 4.78 is 21.2. The van der Waals surface area contributed by atoms with Gasteiger partial charge in [-0.3, -0.25) is 9.36 Å². The van der Waals surface area contributed by atoms with Gasteiger partial charge in [-0.25, -0.2) is 9.37 Å². The summed E-state index contributed by atoms with van der Waals surface area (Å²) in [7, 11) is 0. The molecule has 3 heterocycles. The Labute approximate surface area is 203 Å². The molecule has 0 bridgehead atoms. The molecule has 34 heavy (non-hydrogen) atoms. The van der Waals surface area contributed by atoms with E-state index in [0.717, 1.165) is 11.3 Å². The molecule has 0 atom stereocenters. The number of rotatable bonds is 7. The summed E-state index contributed by atoms with van der Waals surface area (Å²) in [5.41, 5.74) is 2.41. The molecule has 1 N–H and O–H groups in total. The quantitative estimate of drug-likeness (QED) is 0.386. The minimum Gasteiger partial charge on any atom is -0.378 e. The van der Waals surface area contributed by atoms with Gasteiger partial charge >= 0.3 is 0 Å². The third-order valence-electron chi connectivity index (χ3n) is 5.13. The van der Waals surface area contributed by atoms with Gasteiger partial charge in [0.1, 0.15) is 5.82 Å². The zero-order valence-corrected chi connectivity index (χ0v) is 19.7. The van der Waals surface area contributed by atoms with E-state index in [4.69, 9.17) is 4.74 Å². The Morgan fingerprint density at radius 1 is 1.12 bits per heavy atom. The van der Waals surface area contributed by atoms with Crippen molar-refractivity contribution in [3.8, 4) is 16.9 Å². The molecule has 4 aromatic rings. The zero-order valence-electron chi connectivity index (χ0n) is 18.1. The predicted octanol–water partition coefficient (Wildman–Crippen LogP) is 4.10. The number of ether oxygens (including phenoxy) is 1. The first kappa shape index (κ1) is 22.5. The minimum atomic E-state index is -0.356. The summed E-state index contributed by atoms with van der Waals surface area (Å²) in [6, 6.07) is 16.0. The fourth-order valence-electron chi connectivity index (χ4n) is 3.52. The van der Waals surface area contributed by atoms with Crippen LogP contribution < -0.4 is 10.2 Å². The Balaban J connectivity index is 1.31. The van der Waals surface area contributed by atoms with Crippen LogP contribution in [0.25, 0.3) is 16.9 Å². The van der Waals surface area contributed by atoms with Gasteiger partial charge in [0.25, 0.3) is 0 Å². The standard InChI is InChI=1S/C23H21FN6O2S2/c24-17-7-4-8-18(13-17)30-22(29-9-11-32-12-10-29)27-28-23(30)34-15-20(31)26-21-25-19(14-33-21)16-5-2-1-3-6-16/h1-8,13-14H,9-12,15H2,(H,25,26,31). The number of halogens is 1. The average molecular weight is 497 g/mol. The van der Waals surface area contributed by atoms with E-state index in [-0.39, 0.29) is 17.5 Å². The maximum atomic E-state index is 14.0. The molecule has 0 aliphatic carbocycles. The molecule has 174 valence electrons. The molecular weight excluding hydrogens is 475 g/mol. The number of benzene rings is 2. The highest BCUT2D eigenvalue weighted by Gasteiger charge is 2.22. The molecular formula is C23H21FN6O2S2. The highest BCUT2D eigenvalue weighted by atomic mass is 32.2. The second-order valence-electron chi connectivity index (χ2n) is 7.44. The minimum absolute atomic E-state index is 0.108. The fourth-order valence-corrected chi connectivity index (χ4v) is 5.01. The van der Waals surface area contributed by atoms with Gasteiger partial charge in [-0.2, -0.15) is 0 Å². The van der Waals surface area contributed by atoms with E-state index < -0.39 is 0 Å². The summed E-state index contributed by atoms with van der Waals surface area (Å²) in [6.07, 6.45) is 0. The Morgan fingerprint density at radius 3 is 2.74 bits per heavy atom. The number of thioether (sulfide) groups is 1. The Kier molecular flexibility index (Phi) is 6.84. The van der Waals surface area contributed by atoms with E-state index in [2.05, 4.69) is 20.5 Å². The Morgan fingerprint density at radius 2 is 1.94 bits per heavy atom. The van der Waals surface area contributed by atoms with Crippen molar-refractivity contribution >= 4 is 40.1 Å². The number of carbonyl (C=O) groups excluding carboxylic acids is 1. The smallest absolute Gasteiger partial charge is 0.236 e. The van der Waals surface area contributed by atoms with Crippen molar-refractivity contribution in [1.29, 1.82) is 0 Å². The summed E-state index contributed by atoms with van der Waals surface area (Å²) in [6.45, 7) is 2.48. The van der Waals surface area contributed by atoms with Crippen LogP contribution in [-0.2, 0) is 9.53 Å². The van der Waals surface area contributed by atoms with E-state index in [1.807, 2.05) is 40.6 Å². The number of thiazole rings is 1. The molecule has 8 nitrogen and oxygen atoms in total. The molecule has 0 unspecified atom stereocenters. The van der Waals surface area contributed by atoms with Crippen molar-refractivity contribution in [1.82, 2.24) is 19.7 Å². The van der Waals surface area contributed by atoms with Gasteiger partial charge in [0, 0.05) is 24.0 Å². The van der Waals surface area contributed by atoms with E-state index in [1.165, 1.54) is 35.2 Å². The Bertz CT molecular complexity index is 1270. The van der Waals surface area contributed by atoms with Crippen LogP contribution in [0.1, 0.15) is 0 Å². The van der Waals surface area contributed by atoms with Crippen LogP contribution in [0.4, 0.5) is 15.5 Å². The van der Waals surface area contributed by atoms with Crippen molar-refractivity contribution in [2.24, 2.45) is 0 Å². The number of morpholine rings is 1. The third kappa shape index (κ3) is 5.11. The van der Waals surface area contributed by atoms with E-state index >= 15 is 0 Å². The van der Waals surface area contributed by atoms with Crippen LogP contribution in [0, 0.1) is 5.82 Å². The number of nitrogens with zero attached hydrogens (tertiary/aromatic N) is 5. The molecule has 1 aliphatic rings. The second-order valence-corrected chi connectivity index (χ2v) is 9.24. The molecule has 2 aromatic heterocycles. The SMILES string of the molecule is O=C(CSc1nnc(N2CCOCC2)n1-c1cccc(F)c1)Nc1nc(-c2ccccc2)cs1. The lowest BCUT2D eigenvalue weighted by molar-refractivity contribution is -0.113. The number of anilines is 2. The van der Waals surface area contributed by atoms with Crippen LogP contribution in [0.3, 0.4) is 0 Å². The van der Waals surface area contributed by atoms with Crippen LogP contribution in [-0.4, -0.2) is 57.7 Å². The summed E-state index contributed by atoms with van der Waals surface area (Å²) >= 11 is 2.61. The first-order chi connectivity index (χ1) is 16.7. The molecule has 0 saturated carbocycles. The van der Waals surface area contributed by atoms with Gasteiger partial charge in [0.2, 0.25) is 11.9 Å². The van der Waals surface area contributed by atoms with Crippen LogP contribution in [0.15, 0.2) is 65.1 Å². The van der Waals surface area contributed by atoms with Gasteiger partial charge < -0.3 is 15.0 Å². The highest BCUT2D eigenvalue weighted by Crippen LogP contribution is 2.28. The maximum absolute atomic E-state index is 14.0. The molecule has 1 amide bonds. The second kappa shape index (κ2) is 10.3. The van der Waals surface area contributed by atoms with Crippen molar-refractivity contribution in [2.75, 3.05) is 42.3 Å². The number of hydrogen-bond donors (Lipinski definition) is 1. The van der Waals surface area contributed by atoms with Crippen molar-refractivity contribution in [2.45, 2.75) is 5.16 Å². The lowest BCUT2D eigenvalue weighted by Gasteiger charge is -2.27. The number of amides is 1. The van der Waals surface area contributed by atoms with E-state index in [0.29, 0.717) is 48.2 Å². The molecule has 5 rings (SSSR count). The van der Waals surface area contributed by atoms with Crippen molar-refractivity contribution in [3.05, 3.63) is 65.8 Å². The van der Waals surface area contributed by atoms with Gasteiger partial charge in [-0.05, 0) is 18.2 Å². The monoisotopic (exact) mass is 496 g/mol. The number of aromatic nitrogens is 4. The number of hydrogen-bond acceptors (Lipinski definition) is 8. The molecule has 0 radical (unpaired) electrons. The largest absolute Gasteiger partial charge is 0.378 e. The van der Waals surface area contributed by atoms with Gasteiger partial charge in [-0.1, -0.05) is 48.2 Å². The van der Waals surface area contributed by atoms with Gasteiger partial charge in [-0.15, -0.1) is 21.5 Å². The van der Waals surface area contributed by atoms with Crippen LogP contribution in [0.2, 0.25) is 0 Å². The zero-order chi connectivity index (χ0) is 23.3. The molecule has 1 saturated heterocycles. The third-order valence-corrected chi connectivity index (χ3v) is 6.82. The average Bonchev–Trinajstić information content (AvgIpc) is 3.51. The van der Waals surface area contributed by atoms with E-state index in [1.54, 1.807) is 16.7 Å². The molecule has 11 heteroatoms. The van der Waals surface area contributed by atoms with Crippen LogP contribution >= 0.6 is 23.1 Å². The van der Waals surface area contributed by atoms with Crippen LogP contribution in [0.5, 0.6) is 0 Å². The van der Waals surface area contributed by atoms with Crippen molar-refractivity contribution < 1.29 is 13.9 Å². The topological polar surface area (TPSA) is 85.2 Å². The number of carbonyl (C=O) groups is 1. The van der Waals surface area contributed by atoms with E-state index in [9.17, 15) is 9.18 Å². The molecule has 1 aliphatic heterocycles. The Hall–Kier alpha value is -3.28. The van der Waals surface area contributed by atoms with Gasteiger partial charge in [0.15, 0.2) is 10.3 Å². The predicted molar refractivity (Wildman–Crippen MR) is 131 cm³/mol. The normalized spacial score (nSPS) is 13.7. The number of nitrogens with one attached hydrogen (secondary N) is 1. The maximum Gasteiger partial charge on any atom is 0.236 e. The summed E-state index contributed by atoms with van der Waals surface area (Å²) in [5, 5.41) is 14.4. The van der Waals surface area contributed by atoms with Crippen molar-refractivity contribution in [3.63, 3.8) is 0 Å². The summed E-state index contributed by atoms with van der Waals surface area (Å²) in [4.78, 5) is 19.2.